The van der Waals surface area contributed by atoms with E-state index in [0.717, 1.165) is 0 Å². The molecule has 2 N–H and O–H groups in total. The minimum atomic E-state index is -1.55. The van der Waals surface area contributed by atoms with Gasteiger partial charge in [-0.15, -0.1) is 0 Å². The van der Waals surface area contributed by atoms with Crippen LogP contribution in [0.4, 0.5) is 0 Å². The molecule has 3 nitrogen and oxygen atoms in total. The molecule has 0 spiro atoms. The maximum Gasteiger partial charge on any atom is 0.335 e. The van der Waals surface area contributed by atoms with E-state index in [2.05, 4.69) is 0 Å². The van der Waals surface area contributed by atoms with Crippen molar-refractivity contribution in [3.63, 3.8) is 0 Å². The molecule has 0 saturated carbocycles. The van der Waals surface area contributed by atoms with Crippen LogP contribution in [0.3, 0.4) is 0 Å². The fraction of sp³-hybridized carbons (Fsp3) is 0.900. The van der Waals surface area contributed by atoms with E-state index in [9.17, 15) is 9.90 Å². The minimum absolute atomic E-state index is 0.174. The SMILES string of the molecule is CCCC(O)(C(=O)O)C(C)C(C)C. The largest absolute Gasteiger partial charge is 0.479 e. The lowest BCUT2D eigenvalue weighted by Crippen LogP contribution is -2.46. The zero-order chi connectivity index (χ0) is 10.6. The predicted molar refractivity (Wildman–Crippen MR) is 51.5 cm³/mol. The van der Waals surface area contributed by atoms with Crippen LogP contribution in [-0.4, -0.2) is 21.8 Å². The number of carbonyl (C=O) groups is 1. The second-order valence-corrected chi connectivity index (χ2v) is 4.01. The number of hydrogen-bond acceptors (Lipinski definition) is 2. The molecule has 0 radical (unpaired) electrons. The Morgan fingerprint density at radius 1 is 1.38 bits per heavy atom. The summed E-state index contributed by atoms with van der Waals surface area (Å²) in [5.74, 6) is -1.15. The van der Waals surface area contributed by atoms with Crippen LogP contribution in [0.1, 0.15) is 40.5 Å². The number of aliphatic carboxylic acids is 1. The van der Waals surface area contributed by atoms with E-state index >= 15 is 0 Å². The molecule has 0 aromatic heterocycles. The summed E-state index contributed by atoms with van der Waals surface area (Å²) in [6, 6.07) is 0. The summed E-state index contributed by atoms with van der Waals surface area (Å²) in [5.41, 5.74) is -1.55. The minimum Gasteiger partial charge on any atom is -0.479 e. The van der Waals surface area contributed by atoms with E-state index < -0.39 is 11.6 Å². The van der Waals surface area contributed by atoms with Gasteiger partial charge in [0.15, 0.2) is 5.60 Å². The average Bonchev–Trinajstić information content (AvgIpc) is 2.02. The summed E-state index contributed by atoms with van der Waals surface area (Å²) < 4.78 is 0. The van der Waals surface area contributed by atoms with Gasteiger partial charge >= 0.3 is 5.97 Å². The number of carboxylic acid groups (broad SMARTS) is 1. The van der Waals surface area contributed by atoms with E-state index in [1.165, 1.54) is 0 Å². The van der Waals surface area contributed by atoms with E-state index in [4.69, 9.17) is 5.11 Å². The van der Waals surface area contributed by atoms with Crippen LogP contribution in [0.5, 0.6) is 0 Å². The highest BCUT2D eigenvalue weighted by atomic mass is 16.4. The summed E-state index contributed by atoms with van der Waals surface area (Å²) in [4.78, 5) is 10.9. The predicted octanol–water partition coefficient (Wildman–Crippen LogP) is 1.89. The maximum absolute atomic E-state index is 10.9. The molecule has 0 aromatic carbocycles. The van der Waals surface area contributed by atoms with Gasteiger partial charge in [-0.05, 0) is 18.3 Å². The summed E-state index contributed by atoms with van der Waals surface area (Å²) in [6.07, 6.45) is 1.00. The topological polar surface area (TPSA) is 57.5 Å². The molecule has 0 amide bonds. The van der Waals surface area contributed by atoms with Crippen molar-refractivity contribution in [2.45, 2.75) is 46.1 Å². The number of hydrogen-bond donors (Lipinski definition) is 2. The zero-order valence-corrected chi connectivity index (χ0v) is 8.87. The monoisotopic (exact) mass is 188 g/mol. The fourth-order valence-electron chi connectivity index (χ4n) is 1.46. The molecule has 78 valence electrons. The highest BCUT2D eigenvalue weighted by Crippen LogP contribution is 2.29. The second-order valence-electron chi connectivity index (χ2n) is 4.01. The normalized spacial score (nSPS) is 18.3. The van der Waals surface area contributed by atoms with Crippen LogP contribution < -0.4 is 0 Å². The number of rotatable bonds is 5. The van der Waals surface area contributed by atoms with E-state index in [1.807, 2.05) is 20.8 Å². The molecule has 3 heteroatoms. The molecule has 0 saturated heterocycles. The lowest BCUT2D eigenvalue weighted by Gasteiger charge is -2.32. The quantitative estimate of drug-likeness (QED) is 0.692. The van der Waals surface area contributed by atoms with Crippen LogP contribution in [0.2, 0.25) is 0 Å². The van der Waals surface area contributed by atoms with Crippen molar-refractivity contribution in [3.8, 4) is 0 Å². The number of carboxylic acids is 1. The van der Waals surface area contributed by atoms with Crippen LogP contribution in [0.25, 0.3) is 0 Å². The molecule has 0 aliphatic heterocycles. The smallest absolute Gasteiger partial charge is 0.335 e. The Bertz CT molecular complexity index is 177. The molecule has 0 heterocycles. The molecule has 0 aliphatic rings. The first-order valence-corrected chi connectivity index (χ1v) is 4.82. The van der Waals surface area contributed by atoms with Gasteiger partial charge in [0, 0.05) is 0 Å². The van der Waals surface area contributed by atoms with Crippen molar-refractivity contribution in [2.24, 2.45) is 11.8 Å². The Labute approximate surface area is 79.8 Å². The third-order valence-corrected chi connectivity index (χ3v) is 2.75. The Morgan fingerprint density at radius 3 is 2.08 bits per heavy atom. The Kier molecular flexibility index (Phi) is 4.40. The zero-order valence-electron chi connectivity index (χ0n) is 8.87. The molecular formula is C10H20O3. The van der Waals surface area contributed by atoms with Crippen LogP contribution in [0.15, 0.2) is 0 Å². The van der Waals surface area contributed by atoms with E-state index in [-0.39, 0.29) is 11.8 Å². The first-order chi connectivity index (χ1) is 5.86. The molecule has 0 fully saturated rings. The molecule has 0 bridgehead atoms. The Hall–Kier alpha value is -0.570. The Balaban J connectivity index is 4.67. The number of aliphatic hydroxyl groups is 1. The van der Waals surface area contributed by atoms with Gasteiger partial charge in [-0.3, -0.25) is 0 Å². The second kappa shape index (κ2) is 4.61. The average molecular weight is 188 g/mol. The first kappa shape index (κ1) is 12.4. The Morgan fingerprint density at radius 2 is 1.85 bits per heavy atom. The van der Waals surface area contributed by atoms with E-state index in [0.29, 0.717) is 12.8 Å². The highest BCUT2D eigenvalue weighted by Gasteiger charge is 2.41. The van der Waals surface area contributed by atoms with Gasteiger partial charge in [-0.25, -0.2) is 4.79 Å². The van der Waals surface area contributed by atoms with E-state index in [1.54, 1.807) is 6.92 Å². The van der Waals surface area contributed by atoms with Gasteiger partial charge in [-0.2, -0.15) is 0 Å². The molecular weight excluding hydrogens is 168 g/mol. The molecule has 0 rings (SSSR count). The van der Waals surface area contributed by atoms with Gasteiger partial charge in [-0.1, -0.05) is 34.1 Å². The lowest BCUT2D eigenvalue weighted by atomic mass is 9.78. The fourth-order valence-corrected chi connectivity index (χ4v) is 1.46. The van der Waals surface area contributed by atoms with Crippen LogP contribution >= 0.6 is 0 Å². The van der Waals surface area contributed by atoms with Gasteiger partial charge in [0.1, 0.15) is 0 Å². The maximum atomic E-state index is 10.9. The van der Waals surface area contributed by atoms with Crippen molar-refractivity contribution in [1.82, 2.24) is 0 Å². The summed E-state index contributed by atoms with van der Waals surface area (Å²) in [5, 5.41) is 18.9. The third-order valence-electron chi connectivity index (χ3n) is 2.75. The van der Waals surface area contributed by atoms with Crippen LogP contribution in [-0.2, 0) is 4.79 Å². The van der Waals surface area contributed by atoms with Crippen molar-refractivity contribution in [1.29, 1.82) is 0 Å². The molecule has 0 aromatic rings. The van der Waals surface area contributed by atoms with Crippen molar-refractivity contribution in [3.05, 3.63) is 0 Å². The molecule has 0 aliphatic carbocycles. The summed E-state index contributed by atoms with van der Waals surface area (Å²) in [7, 11) is 0. The summed E-state index contributed by atoms with van der Waals surface area (Å²) >= 11 is 0. The van der Waals surface area contributed by atoms with Gasteiger partial charge in [0.25, 0.3) is 0 Å². The van der Waals surface area contributed by atoms with Crippen molar-refractivity contribution >= 4 is 5.97 Å². The lowest BCUT2D eigenvalue weighted by molar-refractivity contribution is -0.167. The third kappa shape index (κ3) is 2.69. The molecule has 13 heavy (non-hydrogen) atoms. The first-order valence-electron chi connectivity index (χ1n) is 4.82. The standard InChI is InChI=1S/C10H20O3/c1-5-6-10(13,9(11)12)8(4)7(2)3/h7-8,13H,5-6H2,1-4H3,(H,11,12). The van der Waals surface area contributed by atoms with Crippen molar-refractivity contribution in [2.75, 3.05) is 0 Å². The molecule has 2 unspecified atom stereocenters. The highest BCUT2D eigenvalue weighted by molar-refractivity contribution is 5.77. The summed E-state index contributed by atoms with van der Waals surface area (Å²) in [6.45, 7) is 7.51. The van der Waals surface area contributed by atoms with Crippen LogP contribution in [0, 0.1) is 11.8 Å². The van der Waals surface area contributed by atoms with Crippen molar-refractivity contribution < 1.29 is 15.0 Å². The van der Waals surface area contributed by atoms with Gasteiger partial charge in [0.2, 0.25) is 0 Å². The molecule has 2 atom stereocenters. The van der Waals surface area contributed by atoms with Gasteiger partial charge < -0.3 is 10.2 Å². The van der Waals surface area contributed by atoms with Gasteiger partial charge in [0.05, 0.1) is 0 Å².